The van der Waals surface area contributed by atoms with E-state index >= 15 is 0 Å². The number of amides is 1. The van der Waals surface area contributed by atoms with Gasteiger partial charge in [-0.2, -0.15) is 0 Å². The standard InChI is InChI=1S/C22H21NO/c1-17(19-12-6-3-7-13-19)23-22(24)21-15-9-8-14-20(21)16-18-10-4-2-5-11-18/h2-15,17H,16H2,1H3,(H,23,24). The van der Waals surface area contributed by atoms with Crippen molar-refractivity contribution in [3.8, 4) is 0 Å². The molecule has 0 radical (unpaired) electrons. The summed E-state index contributed by atoms with van der Waals surface area (Å²) in [7, 11) is 0. The van der Waals surface area contributed by atoms with Crippen molar-refractivity contribution in [1.82, 2.24) is 5.32 Å². The maximum atomic E-state index is 12.7. The van der Waals surface area contributed by atoms with Gasteiger partial charge in [0.05, 0.1) is 6.04 Å². The SMILES string of the molecule is CC(NC(=O)c1ccccc1Cc1ccccc1)c1ccccc1. The normalized spacial score (nSPS) is 11.7. The highest BCUT2D eigenvalue weighted by molar-refractivity contribution is 5.96. The van der Waals surface area contributed by atoms with Crippen molar-refractivity contribution in [3.63, 3.8) is 0 Å². The first kappa shape index (κ1) is 16.0. The maximum absolute atomic E-state index is 12.7. The van der Waals surface area contributed by atoms with Gasteiger partial charge in [0.15, 0.2) is 0 Å². The Morgan fingerprint density at radius 2 is 1.42 bits per heavy atom. The molecule has 3 rings (SSSR count). The van der Waals surface area contributed by atoms with Crippen molar-refractivity contribution in [3.05, 3.63) is 107 Å². The summed E-state index contributed by atoms with van der Waals surface area (Å²) in [6.45, 7) is 2.01. The second kappa shape index (κ2) is 7.60. The van der Waals surface area contributed by atoms with Crippen molar-refractivity contribution >= 4 is 5.91 Å². The van der Waals surface area contributed by atoms with Crippen molar-refractivity contribution in [1.29, 1.82) is 0 Å². The van der Waals surface area contributed by atoms with Gasteiger partial charge in [0, 0.05) is 5.56 Å². The van der Waals surface area contributed by atoms with Crippen LogP contribution in [0.4, 0.5) is 0 Å². The van der Waals surface area contributed by atoms with E-state index in [-0.39, 0.29) is 11.9 Å². The molecule has 0 aliphatic carbocycles. The highest BCUT2D eigenvalue weighted by Gasteiger charge is 2.14. The van der Waals surface area contributed by atoms with Gasteiger partial charge in [0.2, 0.25) is 0 Å². The Bertz CT molecular complexity index is 796. The van der Waals surface area contributed by atoms with Gasteiger partial charge in [0.1, 0.15) is 0 Å². The number of hydrogen-bond acceptors (Lipinski definition) is 1. The second-order valence-corrected chi connectivity index (χ2v) is 5.93. The van der Waals surface area contributed by atoms with Crippen LogP contribution in [0.3, 0.4) is 0 Å². The van der Waals surface area contributed by atoms with Crippen LogP contribution >= 0.6 is 0 Å². The minimum Gasteiger partial charge on any atom is -0.346 e. The van der Waals surface area contributed by atoms with Crippen molar-refractivity contribution in [2.24, 2.45) is 0 Å². The van der Waals surface area contributed by atoms with Crippen molar-refractivity contribution in [2.75, 3.05) is 0 Å². The molecule has 2 nitrogen and oxygen atoms in total. The fourth-order valence-corrected chi connectivity index (χ4v) is 2.81. The largest absolute Gasteiger partial charge is 0.346 e. The summed E-state index contributed by atoms with van der Waals surface area (Å²) >= 11 is 0. The first-order chi connectivity index (χ1) is 11.7. The zero-order valence-corrected chi connectivity index (χ0v) is 13.8. The highest BCUT2D eigenvalue weighted by Crippen LogP contribution is 2.17. The lowest BCUT2D eigenvalue weighted by atomic mass is 9.99. The molecule has 0 aliphatic heterocycles. The van der Waals surface area contributed by atoms with E-state index in [0.717, 1.165) is 23.1 Å². The molecule has 0 aromatic heterocycles. The lowest BCUT2D eigenvalue weighted by Crippen LogP contribution is -2.27. The summed E-state index contributed by atoms with van der Waals surface area (Å²) in [5, 5.41) is 3.10. The molecule has 0 fully saturated rings. The lowest BCUT2D eigenvalue weighted by Gasteiger charge is -2.16. The number of carbonyl (C=O) groups is 1. The molecule has 2 heteroatoms. The van der Waals surface area contributed by atoms with Gasteiger partial charge in [-0.1, -0.05) is 78.9 Å². The van der Waals surface area contributed by atoms with Crippen LogP contribution in [0.2, 0.25) is 0 Å². The molecule has 1 amide bonds. The number of rotatable bonds is 5. The molecular weight excluding hydrogens is 294 g/mol. The van der Waals surface area contributed by atoms with Gasteiger partial charge in [-0.15, -0.1) is 0 Å². The predicted octanol–water partition coefficient (Wildman–Crippen LogP) is 4.77. The van der Waals surface area contributed by atoms with E-state index in [1.54, 1.807) is 0 Å². The average molecular weight is 315 g/mol. The molecule has 0 heterocycles. The van der Waals surface area contributed by atoms with Crippen LogP contribution in [0.15, 0.2) is 84.9 Å². The Hall–Kier alpha value is -2.87. The van der Waals surface area contributed by atoms with Crippen LogP contribution in [-0.2, 0) is 6.42 Å². The first-order valence-electron chi connectivity index (χ1n) is 8.21. The Kier molecular flexibility index (Phi) is 5.07. The highest BCUT2D eigenvalue weighted by atomic mass is 16.1. The number of nitrogens with one attached hydrogen (secondary N) is 1. The van der Waals surface area contributed by atoms with Gasteiger partial charge in [-0.05, 0) is 36.1 Å². The molecule has 1 unspecified atom stereocenters. The third-order valence-electron chi connectivity index (χ3n) is 4.15. The smallest absolute Gasteiger partial charge is 0.252 e. The molecule has 120 valence electrons. The molecule has 1 atom stereocenters. The summed E-state index contributed by atoms with van der Waals surface area (Å²) < 4.78 is 0. The fourth-order valence-electron chi connectivity index (χ4n) is 2.81. The average Bonchev–Trinajstić information content (AvgIpc) is 2.63. The van der Waals surface area contributed by atoms with Crippen molar-refractivity contribution < 1.29 is 4.79 Å². The van der Waals surface area contributed by atoms with Crippen LogP contribution in [0, 0.1) is 0 Å². The number of benzene rings is 3. The Balaban J connectivity index is 1.78. The Labute approximate surface area is 143 Å². The zero-order valence-electron chi connectivity index (χ0n) is 13.8. The van der Waals surface area contributed by atoms with Crippen LogP contribution in [0.5, 0.6) is 0 Å². The van der Waals surface area contributed by atoms with E-state index in [1.807, 2.05) is 79.7 Å². The van der Waals surface area contributed by atoms with Gasteiger partial charge < -0.3 is 5.32 Å². The summed E-state index contributed by atoms with van der Waals surface area (Å²) in [4.78, 5) is 12.7. The summed E-state index contributed by atoms with van der Waals surface area (Å²) in [6.07, 6.45) is 0.754. The van der Waals surface area contributed by atoms with Crippen LogP contribution in [0.25, 0.3) is 0 Å². The molecule has 3 aromatic rings. The Morgan fingerprint density at radius 1 is 0.833 bits per heavy atom. The van der Waals surface area contributed by atoms with E-state index in [4.69, 9.17) is 0 Å². The molecule has 24 heavy (non-hydrogen) atoms. The minimum absolute atomic E-state index is 0.0246. The molecule has 3 aromatic carbocycles. The molecule has 0 aliphatic rings. The molecule has 1 N–H and O–H groups in total. The zero-order chi connectivity index (χ0) is 16.8. The monoisotopic (exact) mass is 315 g/mol. The molecular formula is C22H21NO. The minimum atomic E-state index is -0.0297. The lowest BCUT2D eigenvalue weighted by molar-refractivity contribution is 0.0939. The number of hydrogen-bond donors (Lipinski definition) is 1. The van der Waals surface area contributed by atoms with Gasteiger partial charge in [0.25, 0.3) is 5.91 Å². The predicted molar refractivity (Wildman–Crippen MR) is 98.0 cm³/mol. The topological polar surface area (TPSA) is 29.1 Å². The quantitative estimate of drug-likeness (QED) is 0.722. The second-order valence-electron chi connectivity index (χ2n) is 5.93. The summed E-state index contributed by atoms with van der Waals surface area (Å²) in [6, 6.07) is 28.0. The summed E-state index contributed by atoms with van der Waals surface area (Å²) in [5.74, 6) is -0.0297. The van der Waals surface area contributed by atoms with Gasteiger partial charge >= 0.3 is 0 Å². The van der Waals surface area contributed by atoms with Gasteiger partial charge in [-0.3, -0.25) is 4.79 Å². The molecule has 0 spiro atoms. The third-order valence-corrected chi connectivity index (χ3v) is 4.15. The molecule has 0 bridgehead atoms. The molecule has 0 saturated carbocycles. The van der Waals surface area contributed by atoms with E-state index in [9.17, 15) is 4.79 Å². The van der Waals surface area contributed by atoms with Crippen molar-refractivity contribution in [2.45, 2.75) is 19.4 Å². The maximum Gasteiger partial charge on any atom is 0.252 e. The Morgan fingerprint density at radius 3 is 2.12 bits per heavy atom. The summed E-state index contributed by atoms with van der Waals surface area (Å²) in [5.41, 5.74) is 4.09. The van der Waals surface area contributed by atoms with E-state index < -0.39 is 0 Å². The van der Waals surface area contributed by atoms with Gasteiger partial charge in [-0.25, -0.2) is 0 Å². The first-order valence-corrected chi connectivity index (χ1v) is 8.21. The van der Waals surface area contributed by atoms with E-state index in [2.05, 4.69) is 17.4 Å². The third kappa shape index (κ3) is 3.90. The van der Waals surface area contributed by atoms with Crippen LogP contribution in [-0.4, -0.2) is 5.91 Å². The van der Waals surface area contributed by atoms with E-state index in [1.165, 1.54) is 5.56 Å². The van der Waals surface area contributed by atoms with E-state index in [0.29, 0.717) is 0 Å². The van der Waals surface area contributed by atoms with Crippen LogP contribution in [0.1, 0.15) is 40.0 Å². The number of carbonyl (C=O) groups excluding carboxylic acids is 1. The van der Waals surface area contributed by atoms with Crippen LogP contribution < -0.4 is 5.32 Å². The molecule has 0 saturated heterocycles. The fraction of sp³-hybridized carbons (Fsp3) is 0.136.